The SMILES string of the molecule is CC(CC(=O)O)Cc1nnc(C2C3CCCCC32)o1. The second kappa shape index (κ2) is 4.94. The monoisotopic (exact) mass is 264 g/mol. The van der Waals surface area contributed by atoms with Gasteiger partial charge in [0.2, 0.25) is 11.8 Å². The zero-order valence-electron chi connectivity index (χ0n) is 11.2. The maximum Gasteiger partial charge on any atom is 0.303 e. The quantitative estimate of drug-likeness (QED) is 0.884. The molecule has 19 heavy (non-hydrogen) atoms. The van der Waals surface area contributed by atoms with E-state index in [0.29, 0.717) is 18.2 Å². The molecule has 0 bridgehead atoms. The standard InChI is InChI=1S/C14H20N2O3/c1-8(7-12(17)18)6-11-15-16-14(19-11)13-9-4-2-3-5-10(9)13/h8-10,13H,2-7H2,1H3,(H,17,18). The van der Waals surface area contributed by atoms with Gasteiger partial charge in [-0.25, -0.2) is 0 Å². The smallest absolute Gasteiger partial charge is 0.303 e. The van der Waals surface area contributed by atoms with Gasteiger partial charge in [-0.3, -0.25) is 4.79 Å². The molecule has 2 fully saturated rings. The Morgan fingerprint density at radius 3 is 2.68 bits per heavy atom. The van der Waals surface area contributed by atoms with Gasteiger partial charge in [-0.05, 0) is 30.6 Å². The van der Waals surface area contributed by atoms with Crippen molar-refractivity contribution in [3.05, 3.63) is 11.8 Å². The molecule has 2 aliphatic carbocycles. The van der Waals surface area contributed by atoms with Gasteiger partial charge >= 0.3 is 5.97 Å². The number of fused-ring (bicyclic) bond motifs is 1. The number of rotatable bonds is 5. The first-order chi connectivity index (χ1) is 9.15. The van der Waals surface area contributed by atoms with Crippen molar-refractivity contribution in [3.63, 3.8) is 0 Å². The summed E-state index contributed by atoms with van der Waals surface area (Å²) < 4.78 is 5.74. The molecule has 3 rings (SSSR count). The number of nitrogens with zero attached hydrogens (tertiary/aromatic N) is 2. The van der Waals surface area contributed by atoms with Gasteiger partial charge in [-0.1, -0.05) is 19.8 Å². The maximum absolute atomic E-state index is 10.6. The minimum absolute atomic E-state index is 0.0345. The third-order valence-corrected chi connectivity index (χ3v) is 4.47. The molecular weight excluding hydrogens is 244 g/mol. The Morgan fingerprint density at radius 1 is 1.37 bits per heavy atom. The third-order valence-electron chi connectivity index (χ3n) is 4.47. The molecule has 0 spiro atoms. The van der Waals surface area contributed by atoms with Crippen LogP contribution in [0.2, 0.25) is 0 Å². The third kappa shape index (κ3) is 2.65. The number of carboxylic acids is 1. The summed E-state index contributed by atoms with van der Waals surface area (Å²) in [6, 6.07) is 0. The maximum atomic E-state index is 10.6. The minimum atomic E-state index is -0.777. The van der Waals surface area contributed by atoms with Crippen molar-refractivity contribution in [2.24, 2.45) is 17.8 Å². The summed E-state index contributed by atoms with van der Waals surface area (Å²) in [5.74, 6) is 2.64. The molecule has 1 aromatic rings. The Balaban J connectivity index is 1.59. The number of aliphatic carboxylic acids is 1. The molecule has 1 heterocycles. The molecule has 0 amide bonds. The summed E-state index contributed by atoms with van der Waals surface area (Å²) >= 11 is 0. The van der Waals surface area contributed by atoms with Gasteiger partial charge in [-0.15, -0.1) is 10.2 Å². The van der Waals surface area contributed by atoms with Crippen LogP contribution in [0.3, 0.4) is 0 Å². The summed E-state index contributed by atoms with van der Waals surface area (Å²) in [5.41, 5.74) is 0. The lowest BCUT2D eigenvalue weighted by atomic mass is 10.0. The average molecular weight is 264 g/mol. The molecule has 0 aromatic carbocycles. The van der Waals surface area contributed by atoms with E-state index in [4.69, 9.17) is 9.52 Å². The number of carboxylic acid groups (broad SMARTS) is 1. The molecule has 5 nitrogen and oxygen atoms in total. The van der Waals surface area contributed by atoms with Gasteiger partial charge in [0.05, 0.1) is 0 Å². The van der Waals surface area contributed by atoms with E-state index in [2.05, 4.69) is 10.2 Å². The van der Waals surface area contributed by atoms with Crippen molar-refractivity contribution < 1.29 is 14.3 Å². The Morgan fingerprint density at radius 2 is 2.05 bits per heavy atom. The zero-order chi connectivity index (χ0) is 13.4. The van der Waals surface area contributed by atoms with E-state index < -0.39 is 5.97 Å². The molecule has 0 radical (unpaired) electrons. The van der Waals surface area contributed by atoms with Gasteiger partial charge in [0.1, 0.15) is 0 Å². The lowest BCUT2D eigenvalue weighted by Crippen LogP contribution is -2.07. The van der Waals surface area contributed by atoms with Crippen LogP contribution in [0, 0.1) is 17.8 Å². The van der Waals surface area contributed by atoms with Gasteiger partial charge < -0.3 is 9.52 Å². The van der Waals surface area contributed by atoms with E-state index in [9.17, 15) is 4.79 Å². The van der Waals surface area contributed by atoms with E-state index in [-0.39, 0.29) is 12.3 Å². The van der Waals surface area contributed by atoms with Crippen LogP contribution in [0.5, 0.6) is 0 Å². The highest BCUT2D eigenvalue weighted by molar-refractivity contribution is 5.66. The van der Waals surface area contributed by atoms with Crippen molar-refractivity contribution in [2.45, 2.75) is 51.4 Å². The molecule has 2 saturated carbocycles. The second-order valence-corrected chi connectivity index (χ2v) is 6.08. The van der Waals surface area contributed by atoms with Crippen LogP contribution in [0.4, 0.5) is 0 Å². The first-order valence-electron chi connectivity index (χ1n) is 7.19. The van der Waals surface area contributed by atoms with Crippen LogP contribution >= 0.6 is 0 Å². The molecule has 0 aliphatic heterocycles. The van der Waals surface area contributed by atoms with E-state index in [1.807, 2.05) is 6.92 Å². The van der Waals surface area contributed by atoms with Crippen LogP contribution in [0.25, 0.3) is 0 Å². The lowest BCUT2D eigenvalue weighted by molar-refractivity contribution is -0.137. The van der Waals surface area contributed by atoms with E-state index in [1.165, 1.54) is 25.7 Å². The van der Waals surface area contributed by atoms with Crippen LogP contribution < -0.4 is 0 Å². The van der Waals surface area contributed by atoms with Gasteiger partial charge in [0.25, 0.3) is 0 Å². The molecule has 1 aromatic heterocycles. The second-order valence-electron chi connectivity index (χ2n) is 6.08. The van der Waals surface area contributed by atoms with Crippen molar-refractivity contribution in [2.75, 3.05) is 0 Å². The Kier molecular flexibility index (Phi) is 3.29. The Labute approximate surface area is 112 Å². The van der Waals surface area contributed by atoms with Crippen LogP contribution in [-0.4, -0.2) is 21.3 Å². The fourth-order valence-electron chi connectivity index (χ4n) is 3.51. The van der Waals surface area contributed by atoms with Crippen LogP contribution in [0.1, 0.15) is 56.7 Å². The fraction of sp³-hybridized carbons (Fsp3) is 0.786. The molecule has 3 unspecified atom stereocenters. The zero-order valence-corrected chi connectivity index (χ0v) is 11.2. The largest absolute Gasteiger partial charge is 0.481 e. The molecule has 2 aliphatic rings. The Bertz CT molecular complexity index is 459. The highest BCUT2D eigenvalue weighted by Crippen LogP contribution is 2.60. The number of aromatic nitrogens is 2. The molecule has 104 valence electrons. The summed E-state index contributed by atoms with van der Waals surface area (Å²) in [7, 11) is 0. The molecule has 0 saturated heterocycles. The fourth-order valence-corrected chi connectivity index (χ4v) is 3.51. The lowest BCUT2D eigenvalue weighted by Gasteiger charge is -2.04. The number of hydrogen-bond acceptors (Lipinski definition) is 4. The van der Waals surface area contributed by atoms with E-state index in [0.717, 1.165) is 17.7 Å². The van der Waals surface area contributed by atoms with E-state index in [1.54, 1.807) is 0 Å². The first kappa shape index (κ1) is 12.6. The van der Waals surface area contributed by atoms with E-state index >= 15 is 0 Å². The van der Waals surface area contributed by atoms with Gasteiger partial charge in [0, 0.05) is 18.8 Å². The highest BCUT2D eigenvalue weighted by atomic mass is 16.4. The topological polar surface area (TPSA) is 76.2 Å². The predicted octanol–water partition coefficient (Wildman–Crippen LogP) is 2.63. The van der Waals surface area contributed by atoms with Gasteiger partial charge in [0.15, 0.2) is 0 Å². The average Bonchev–Trinajstić information content (AvgIpc) is 2.91. The molecule has 5 heteroatoms. The van der Waals surface area contributed by atoms with Crippen molar-refractivity contribution in [3.8, 4) is 0 Å². The van der Waals surface area contributed by atoms with Crippen LogP contribution in [-0.2, 0) is 11.2 Å². The van der Waals surface area contributed by atoms with Crippen molar-refractivity contribution in [1.29, 1.82) is 0 Å². The minimum Gasteiger partial charge on any atom is -0.481 e. The normalized spacial score (nSPS) is 30.7. The highest BCUT2D eigenvalue weighted by Gasteiger charge is 2.54. The molecule has 3 atom stereocenters. The summed E-state index contributed by atoms with van der Waals surface area (Å²) in [6.45, 7) is 1.90. The van der Waals surface area contributed by atoms with Crippen LogP contribution in [0.15, 0.2) is 4.42 Å². The number of carbonyl (C=O) groups is 1. The molecule has 1 N–H and O–H groups in total. The molecular formula is C14H20N2O3. The van der Waals surface area contributed by atoms with Crippen molar-refractivity contribution in [1.82, 2.24) is 10.2 Å². The summed E-state index contributed by atoms with van der Waals surface area (Å²) in [4.78, 5) is 10.6. The number of hydrogen-bond donors (Lipinski definition) is 1. The Hall–Kier alpha value is -1.39. The van der Waals surface area contributed by atoms with Crippen molar-refractivity contribution >= 4 is 5.97 Å². The van der Waals surface area contributed by atoms with Gasteiger partial charge in [-0.2, -0.15) is 0 Å². The predicted molar refractivity (Wildman–Crippen MR) is 67.6 cm³/mol. The first-order valence-corrected chi connectivity index (χ1v) is 7.19. The summed E-state index contributed by atoms with van der Waals surface area (Å²) in [6.07, 6.45) is 5.95. The summed E-state index contributed by atoms with van der Waals surface area (Å²) in [5, 5.41) is 17.0.